The highest BCUT2D eigenvalue weighted by atomic mass is 35.5. The van der Waals surface area contributed by atoms with Gasteiger partial charge in [-0.2, -0.15) is 0 Å². The molecule has 2 N–H and O–H groups in total. The summed E-state index contributed by atoms with van der Waals surface area (Å²) in [5.41, 5.74) is 9.03. The van der Waals surface area contributed by atoms with Crippen LogP contribution in [0.15, 0.2) is 60.9 Å². The van der Waals surface area contributed by atoms with Crippen LogP contribution in [0.25, 0.3) is 5.65 Å². The summed E-state index contributed by atoms with van der Waals surface area (Å²) in [6, 6.07) is 15.0. The predicted octanol–water partition coefficient (Wildman–Crippen LogP) is 2.52. The van der Waals surface area contributed by atoms with Crippen LogP contribution < -0.4 is 5.73 Å². The van der Waals surface area contributed by atoms with Crippen molar-refractivity contribution in [2.75, 3.05) is 26.2 Å². The first-order valence-corrected chi connectivity index (χ1v) is 8.95. The predicted molar refractivity (Wildman–Crippen MR) is 115 cm³/mol. The first kappa shape index (κ1) is 22.2. The highest BCUT2D eigenvalue weighted by molar-refractivity contribution is 5.85. The topological polar surface area (TPSA) is 66.9 Å². The fraction of sp³-hybridized carbons (Fsp3) is 0.300. The first-order chi connectivity index (χ1) is 12.7. The molecular weight excluding hydrogens is 397 g/mol. The average molecular weight is 422 g/mol. The second-order valence-corrected chi connectivity index (χ2v) is 6.69. The normalized spacial score (nSPS) is 15.5. The molecule has 0 radical (unpaired) electrons. The number of imidazole rings is 1. The molecule has 0 spiro atoms. The third kappa shape index (κ3) is 4.83. The monoisotopic (exact) mass is 421 g/mol. The fourth-order valence-corrected chi connectivity index (χ4v) is 3.42. The van der Waals surface area contributed by atoms with Crippen LogP contribution in [0.1, 0.15) is 17.3 Å². The van der Waals surface area contributed by atoms with Crippen molar-refractivity contribution in [2.45, 2.75) is 12.6 Å². The number of aromatic nitrogens is 2. The van der Waals surface area contributed by atoms with Crippen molar-refractivity contribution < 1.29 is 4.79 Å². The lowest BCUT2D eigenvalue weighted by Gasteiger charge is -2.35. The minimum atomic E-state index is -0.582. The van der Waals surface area contributed by atoms with Gasteiger partial charge in [0, 0.05) is 45.1 Å². The van der Waals surface area contributed by atoms with Crippen molar-refractivity contribution in [3.05, 3.63) is 72.2 Å². The van der Waals surface area contributed by atoms with Gasteiger partial charge in [-0.15, -0.1) is 24.8 Å². The molecular formula is C20H25Cl2N5O. The van der Waals surface area contributed by atoms with Crippen LogP contribution in [-0.4, -0.2) is 51.3 Å². The van der Waals surface area contributed by atoms with Gasteiger partial charge in [-0.25, -0.2) is 4.98 Å². The summed E-state index contributed by atoms with van der Waals surface area (Å²) in [4.78, 5) is 21.5. The van der Waals surface area contributed by atoms with E-state index in [-0.39, 0.29) is 30.7 Å². The molecule has 0 aliphatic carbocycles. The summed E-state index contributed by atoms with van der Waals surface area (Å²) in [6.45, 7) is 3.87. The van der Waals surface area contributed by atoms with Gasteiger partial charge in [-0.1, -0.05) is 36.4 Å². The van der Waals surface area contributed by atoms with E-state index in [0.717, 1.165) is 36.5 Å². The lowest BCUT2D eigenvalue weighted by molar-refractivity contribution is -0.134. The van der Waals surface area contributed by atoms with Gasteiger partial charge >= 0.3 is 0 Å². The van der Waals surface area contributed by atoms with Crippen molar-refractivity contribution >= 4 is 36.4 Å². The summed E-state index contributed by atoms with van der Waals surface area (Å²) >= 11 is 0. The van der Waals surface area contributed by atoms with Gasteiger partial charge in [0.15, 0.2) is 0 Å². The van der Waals surface area contributed by atoms with Gasteiger partial charge < -0.3 is 15.0 Å². The zero-order chi connectivity index (χ0) is 17.9. The third-order valence-corrected chi connectivity index (χ3v) is 4.91. The van der Waals surface area contributed by atoms with Gasteiger partial charge in [0.2, 0.25) is 5.91 Å². The Hall–Kier alpha value is -2.12. The number of carbonyl (C=O) groups is 1. The molecule has 3 heterocycles. The van der Waals surface area contributed by atoms with E-state index in [1.807, 2.05) is 64.0 Å². The van der Waals surface area contributed by atoms with Crippen LogP contribution in [0, 0.1) is 0 Å². The SMILES string of the molecule is Cl.Cl.NC(C(=O)N1CCN(Cc2cn3ccccc3n2)CC1)c1ccccc1. The maximum atomic E-state index is 12.6. The number of pyridine rings is 1. The van der Waals surface area contributed by atoms with E-state index >= 15 is 0 Å². The Bertz CT molecular complexity index is 861. The zero-order valence-electron chi connectivity index (χ0n) is 15.5. The highest BCUT2D eigenvalue weighted by Crippen LogP contribution is 2.15. The second kappa shape index (κ2) is 9.89. The standard InChI is InChI=1S/C20H23N5O.2ClH/c21-19(16-6-2-1-3-7-16)20(26)24-12-10-23(11-13-24)14-17-15-25-9-5-4-8-18(25)22-17;;/h1-9,15,19H,10-14,21H2;2*1H. The molecule has 1 unspecified atom stereocenters. The van der Waals surface area contributed by atoms with Gasteiger partial charge in [0.25, 0.3) is 0 Å². The van der Waals surface area contributed by atoms with E-state index in [1.54, 1.807) is 0 Å². The molecule has 2 aromatic heterocycles. The number of benzene rings is 1. The molecule has 6 nitrogen and oxygen atoms in total. The molecule has 0 saturated carbocycles. The molecule has 8 heteroatoms. The Morgan fingerprint density at radius 2 is 1.68 bits per heavy atom. The summed E-state index contributed by atoms with van der Waals surface area (Å²) in [7, 11) is 0. The number of piperazine rings is 1. The number of amides is 1. The van der Waals surface area contributed by atoms with E-state index in [0.29, 0.717) is 13.1 Å². The number of carbonyl (C=O) groups excluding carboxylic acids is 1. The summed E-state index contributed by atoms with van der Waals surface area (Å²) in [5.74, 6) is 0.00331. The number of hydrogen-bond acceptors (Lipinski definition) is 4. The Balaban J connectivity index is 0.00000140. The molecule has 1 amide bonds. The van der Waals surface area contributed by atoms with Gasteiger partial charge in [-0.3, -0.25) is 9.69 Å². The lowest BCUT2D eigenvalue weighted by atomic mass is 10.1. The highest BCUT2D eigenvalue weighted by Gasteiger charge is 2.26. The summed E-state index contributed by atoms with van der Waals surface area (Å²) in [5, 5.41) is 0. The first-order valence-electron chi connectivity index (χ1n) is 8.95. The number of hydrogen-bond donors (Lipinski definition) is 1. The molecule has 150 valence electrons. The molecule has 1 fully saturated rings. The van der Waals surface area contributed by atoms with Crippen molar-refractivity contribution in [1.29, 1.82) is 0 Å². The van der Waals surface area contributed by atoms with Crippen LogP contribution in [0.2, 0.25) is 0 Å². The molecule has 28 heavy (non-hydrogen) atoms. The van der Waals surface area contributed by atoms with E-state index < -0.39 is 6.04 Å². The van der Waals surface area contributed by atoms with Crippen LogP contribution in [0.5, 0.6) is 0 Å². The molecule has 1 aliphatic rings. The lowest BCUT2D eigenvalue weighted by Crippen LogP contribution is -2.50. The smallest absolute Gasteiger partial charge is 0.244 e. The van der Waals surface area contributed by atoms with E-state index in [1.165, 1.54) is 0 Å². The minimum absolute atomic E-state index is 0. The van der Waals surface area contributed by atoms with Gasteiger partial charge in [-0.05, 0) is 17.7 Å². The van der Waals surface area contributed by atoms with Crippen molar-refractivity contribution in [3.63, 3.8) is 0 Å². The average Bonchev–Trinajstić information content (AvgIpc) is 3.10. The number of nitrogens with two attached hydrogens (primary N) is 1. The van der Waals surface area contributed by atoms with Gasteiger partial charge in [0.1, 0.15) is 11.7 Å². The van der Waals surface area contributed by atoms with Gasteiger partial charge in [0.05, 0.1) is 5.69 Å². The number of fused-ring (bicyclic) bond motifs is 1. The Morgan fingerprint density at radius 1 is 1.00 bits per heavy atom. The largest absolute Gasteiger partial charge is 0.338 e. The molecule has 1 aromatic carbocycles. The summed E-state index contributed by atoms with van der Waals surface area (Å²) in [6.07, 6.45) is 4.07. The van der Waals surface area contributed by atoms with Crippen LogP contribution >= 0.6 is 24.8 Å². The molecule has 1 aliphatic heterocycles. The number of halogens is 2. The second-order valence-electron chi connectivity index (χ2n) is 6.69. The Labute approximate surface area is 177 Å². The zero-order valence-corrected chi connectivity index (χ0v) is 17.1. The number of nitrogens with zero attached hydrogens (tertiary/aromatic N) is 4. The Morgan fingerprint density at radius 3 is 2.36 bits per heavy atom. The van der Waals surface area contributed by atoms with E-state index in [9.17, 15) is 4.79 Å². The third-order valence-electron chi connectivity index (χ3n) is 4.91. The van der Waals surface area contributed by atoms with Crippen LogP contribution in [0.4, 0.5) is 0 Å². The Kier molecular flexibility index (Phi) is 7.83. The van der Waals surface area contributed by atoms with Crippen LogP contribution in [0.3, 0.4) is 0 Å². The molecule has 1 atom stereocenters. The number of rotatable bonds is 4. The molecule has 3 aromatic rings. The van der Waals surface area contributed by atoms with Crippen molar-refractivity contribution in [1.82, 2.24) is 19.2 Å². The maximum Gasteiger partial charge on any atom is 0.244 e. The molecule has 1 saturated heterocycles. The summed E-state index contributed by atoms with van der Waals surface area (Å²) < 4.78 is 2.04. The van der Waals surface area contributed by atoms with Crippen molar-refractivity contribution in [3.8, 4) is 0 Å². The molecule has 4 rings (SSSR count). The fourth-order valence-electron chi connectivity index (χ4n) is 3.42. The molecule has 0 bridgehead atoms. The van der Waals surface area contributed by atoms with E-state index in [4.69, 9.17) is 5.73 Å². The van der Waals surface area contributed by atoms with E-state index in [2.05, 4.69) is 16.1 Å². The quantitative estimate of drug-likeness (QED) is 0.702. The maximum absolute atomic E-state index is 12.6. The van der Waals surface area contributed by atoms with Crippen molar-refractivity contribution in [2.24, 2.45) is 5.73 Å². The van der Waals surface area contributed by atoms with Crippen LogP contribution in [-0.2, 0) is 11.3 Å². The minimum Gasteiger partial charge on any atom is -0.338 e.